The molecule has 1 aromatic carbocycles. The Bertz CT molecular complexity index is 795. The number of benzene rings is 1. The van der Waals surface area contributed by atoms with Crippen LogP contribution in [0.4, 0.5) is 5.69 Å². The van der Waals surface area contributed by atoms with Crippen molar-refractivity contribution < 1.29 is 29.0 Å². The van der Waals surface area contributed by atoms with Crippen LogP contribution in [0.5, 0.6) is 5.75 Å². The summed E-state index contributed by atoms with van der Waals surface area (Å²) in [6.07, 6.45) is 1.49. The first-order valence-electron chi connectivity index (χ1n) is 11.1. The van der Waals surface area contributed by atoms with Gasteiger partial charge in [0.05, 0.1) is 6.61 Å². The number of nitrogens with zero attached hydrogens (tertiary/aromatic N) is 1. The van der Waals surface area contributed by atoms with Crippen molar-refractivity contribution in [1.29, 1.82) is 0 Å². The SMILES string of the molecule is NC(=O)CCC(=O)NC(Nc1ccc(OCCCC(=O)O)cc1)C(=O)NCCN1CCCC1. The highest BCUT2D eigenvalue weighted by molar-refractivity contribution is 5.90. The van der Waals surface area contributed by atoms with Crippen LogP contribution in [0, 0.1) is 0 Å². The van der Waals surface area contributed by atoms with Gasteiger partial charge in [-0.1, -0.05) is 0 Å². The lowest BCUT2D eigenvalue weighted by molar-refractivity contribution is -0.137. The van der Waals surface area contributed by atoms with Gasteiger partial charge in [-0.3, -0.25) is 19.2 Å². The smallest absolute Gasteiger partial charge is 0.303 e. The molecule has 1 aliphatic rings. The zero-order chi connectivity index (χ0) is 24.1. The molecule has 0 radical (unpaired) electrons. The monoisotopic (exact) mass is 463 g/mol. The van der Waals surface area contributed by atoms with Gasteiger partial charge in [0.2, 0.25) is 11.8 Å². The standard InChI is InChI=1S/C22H33N5O6/c23-18(28)9-10-19(29)26-21(22(32)24-11-14-27-12-1-2-13-27)25-16-5-7-17(8-6-16)33-15-3-4-20(30)31/h5-8,21,25H,1-4,9-15H2,(H2,23,28)(H,24,32)(H,26,29)(H,30,31). The number of anilines is 1. The highest BCUT2D eigenvalue weighted by Gasteiger charge is 2.21. The number of carbonyl (C=O) groups excluding carboxylic acids is 3. The Labute approximate surface area is 193 Å². The molecular formula is C22H33N5O6. The molecule has 0 aromatic heterocycles. The maximum absolute atomic E-state index is 12.7. The van der Waals surface area contributed by atoms with Crippen LogP contribution in [0.3, 0.4) is 0 Å². The summed E-state index contributed by atoms with van der Waals surface area (Å²) in [5.41, 5.74) is 5.67. The molecule has 0 spiro atoms. The predicted octanol–water partition coefficient (Wildman–Crippen LogP) is 0.262. The molecule has 1 saturated heterocycles. The van der Waals surface area contributed by atoms with Gasteiger partial charge in [-0.25, -0.2) is 0 Å². The van der Waals surface area contributed by atoms with Crippen LogP contribution in [0.1, 0.15) is 38.5 Å². The van der Waals surface area contributed by atoms with E-state index in [9.17, 15) is 19.2 Å². The number of hydrogen-bond donors (Lipinski definition) is 5. The molecular weight excluding hydrogens is 430 g/mol. The number of hydrogen-bond acceptors (Lipinski definition) is 7. The zero-order valence-corrected chi connectivity index (χ0v) is 18.7. The lowest BCUT2D eigenvalue weighted by Crippen LogP contribution is -2.52. The molecule has 2 rings (SSSR count). The first-order valence-corrected chi connectivity index (χ1v) is 11.1. The van der Waals surface area contributed by atoms with Gasteiger partial charge in [-0.05, 0) is 56.6 Å². The molecule has 1 aromatic rings. The minimum Gasteiger partial charge on any atom is -0.494 e. The minimum absolute atomic E-state index is 0.0314. The Kier molecular flexibility index (Phi) is 10.9. The quantitative estimate of drug-likeness (QED) is 0.183. The van der Waals surface area contributed by atoms with Gasteiger partial charge in [-0.2, -0.15) is 0 Å². The number of carbonyl (C=O) groups is 4. The van der Waals surface area contributed by atoms with Gasteiger partial charge in [0.25, 0.3) is 5.91 Å². The van der Waals surface area contributed by atoms with Crippen LogP contribution in [0.2, 0.25) is 0 Å². The van der Waals surface area contributed by atoms with Crippen molar-refractivity contribution in [1.82, 2.24) is 15.5 Å². The van der Waals surface area contributed by atoms with E-state index in [2.05, 4.69) is 20.9 Å². The van der Waals surface area contributed by atoms with E-state index in [-0.39, 0.29) is 25.9 Å². The summed E-state index contributed by atoms with van der Waals surface area (Å²) in [6.45, 7) is 3.51. The van der Waals surface area contributed by atoms with E-state index in [0.717, 1.165) is 32.5 Å². The van der Waals surface area contributed by atoms with E-state index < -0.39 is 29.9 Å². The van der Waals surface area contributed by atoms with E-state index >= 15 is 0 Å². The van der Waals surface area contributed by atoms with Crippen molar-refractivity contribution in [3.8, 4) is 5.75 Å². The average molecular weight is 464 g/mol. The summed E-state index contributed by atoms with van der Waals surface area (Å²) in [6, 6.07) is 6.74. The average Bonchev–Trinajstić information content (AvgIpc) is 3.29. The van der Waals surface area contributed by atoms with Crippen molar-refractivity contribution in [3.63, 3.8) is 0 Å². The lowest BCUT2D eigenvalue weighted by Gasteiger charge is -2.22. The van der Waals surface area contributed by atoms with Gasteiger partial charge in [0, 0.05) is 38.0 Å². The number of nitrogens with two attached hydrogens (primary N) is 1. The molecule has 0 aliphatic carbocycles. The molecule has 6 N–H and O–H groups in total. The summed E-state index contributed by atoms with van der Waals surface area (Å²) in [7, 11) is 0. The minimum atomic E-state index is -1.04. The van der Waals surface area contributed by atoms with Crippen LogP contribution in [0.15, 0.2) is 24.3 Å². The van der Waals surface area contributed by atoms with E-state index in [1.807, 2.05) is 0 Å². The predicted molar refractivity (Wildman–Crippen MR) is 121 cm³/mol. The number of aliphatic carboxylic acids is 1. The number of primary amides is 1. The molecule has 1 fully saturated rings. The number of likely N-dealkylation sites (tertiary alicyclic amines) is 1. The van der Waals surface area contributed by atoms with Crippen molar-refractivity contribution in [2.75, 3.05) is 38.1 Å². The van der Waals surface area contributed by atoms with E-state index in [0.29, 0.717) is 24.4 Å². The number of carboxylic acid groups (broad SMARTS) is 1. The molecule has 1 aliphatic heterocycles. The Morgan fingerprint density at radius 1 is 1.06 bits per heavy atom. The summed E-state index contributed by atoms with van der Waals surface area (Å²) in [5, 5.41) is 17.1. The second-order valence-corrected chi connectivity index (χ2v) is 7.82. The summed E-state index contributed by atoms with van der Waals surface area (Å²) < 4.78 is 5.50. The van der Waals surface area contributed by atoms with Gasteiger partial charge < -0.3 is 36.4 Å². The third-order valence-electron chi connectivity index (χ3n) is 5.06. The molecule has 1 heterocycles. The second kappa shape index (κ2) is 13.9. The van der Waals surface area contributed by atoms with Gasteiger partial charge in [0.15, 0.2) is 6.17 Å². The summed E-state index contributed by atoms with van der Waals surface area (Å²) in [5.74, 6) is -1.78. The molecule has 11 nitrogen and oxygen atoms in total. The number of nitrogens with one attached hydrogen (secondary N) is 3. The Morgan fingerprint density at radius 2 is 1.76 bits per heavy atom. The highest BCUT2D eigenvalue weighted by atomic mass is 16.5. The summed E-state index contributed by atoms with van der Waals surface area (Å²) >= 11 is 0. The molecule has 0 saturated carbocycles. The fraction of sp³-hybridized carbons (Fsp3) is 0.545. The first-order chi connectivity index (χ1) is 15.8. The van der Waals surface area contributed by atoms with Crippen LogP contribution in [-0.2, 0) is 19.2 Å². The number of ether oxygens (including phenoxy) is 1. The normalized spacial score (nSPS) is 14.3. The van der Waals surface area contributed by atoms with Crippen LogP contribution in [-0.4, -0.2) is 72.6 Å². The number of rotatable bonds is 15. The Balaban J connectivity index is 1.90. The van der Waals surface area contributed by atoms with Crippen LogP contribution < -0.4 is 26.4 Å². The van der Waals surface area contributed by atoms with Crippen LogP contribution >= 0.6 is 0 Å². The van der Waals surface area contributed by atoms with E-state index in [4.69, 9.17) is 15.6 Å². The van der Waals surface area contributed by atoms with Crippen LogP contribution in [0.25, 0.3) is 0 Å². The van der Waals surface area contributed by atoms with E-state index in [1.54, 1.807) is 24.3 Å². The molecule has 1 unspecified atom stereocenters. The van der Waals surface area contributed by atoms with Crippen molar-refractivity contribution in [2.45, 2.75) is 44.7 Å². The fourth-order valence-electron chi connectivity index (χ4n) is 3.31. The maximum atomic E-state index is 12.7. The van der Waals surface area contributed by atoms with Gasteiger partial charge in [0.1, 0.15) is 5.75 Å². The first kappa shape index (κ1) is 25.9. The van der Waals surface area contributed by atoms with Gasteiger partial charge in [-0.15, -0.1) is 0 Å². The second-order valence-electron chi connectivity index (χ2n) is 7.82. The number of amides is 3. The van der Waals surface area contributed by atoms with Crippen molar-refractivity contribution in [3.05, 3.63) is 24.3 Å². The topological polar surface area (TPSA) is 163 Å². The lowest BCUT2D eigenvalue weighted by atomic mass is 10.2. The molecule has 11 heteroatoms. The molecule has 33 heavy (non-hydrogen) atoms. The Hall–Kier alpha value is -3.34. The van der Waals surface area contributed by atoms with E-state index in [1.165, 1.54) is 0 Å². The number of carboxylic acids is 1. The van der Waals surface area contributed by atoms with Crippen molar-refractivity contribution >= 4 is 29.4 Å². The summed E-state index contributed by atoms with van der Waals surface area (Å²) in [4.78, 5) is 48.7. The largest absolute Gasteiger partial charge is 0.494 e. The van der Waals surface area contributed by atoms with Gasteiger partial charge >= 0.3 is 5.97 Å². The molecule has 1 atom stereocenters. The highest BCUT2D eigenvalue weighted by Crippen LogP contribution is 2.16. The molecule has 0 bridgehead atoms. The maximum Gasteiger partial charge on any atom is 0.303 e. The molecule has 3 amide bonds. The van der Waals surface area contributed by atoms with Crippen molar-refractivity contribution in [2.24, 2.45) is 5.73 Å². The zero-order valence-electron chi connectivity index (χ0n) is 18.7. The third-order valence-corrected chi connectivity index (χ3v) is 5.06. The third kappa shape index (κ3) is 10.7. The fourth-order valence-corrected chi connectivity index (χ4v) is 3.31. The Morgan fingerprint density at radius 3 is 2.39 bits per heavy atom. The molecule has 182 valence electrons.